The van der Waals surface area contributed by atoms with Gasteiger partial charge in [0.05, 0.1) is 0 Å². The number of ether oxygens (including phenoxy) is 3. The largest absolute Gasteiger partial charge is 0.462 e. The summed E-state index contributed by atoms with van der Waals surface area (Å²) in [5, 5.41) is 0. The van der Waals surface area contributed by atoms with Crippen LogP contribution in [0, 0.1) is 0 Å². The maximum Gasteiger partial charge on any atom is 0.306 e. The Morgan fingerprint density at radius 1 is 0.203 bits per heavy atom. The van der Waals surface area contributed by atoms with Crippen LogP contribution in [-0.4, -0.2) is 37.2 Å². The summed E-state index contributed by atoms with van der Waals surface area (Å²) in [5.41, 5.74) is 0. The predicted molar refractivity (Wildman–Crippen MR) is 344 cm³/mol. The first-order chi connectivity index (χ1) is 39.0. The van der Waals surface area contributed by atoms with E-state index in [1.807, 2.05) is 0 Å². The summed E-state index contributed by atoms with van der Waals surface area (Å²) >= 11 is 0. The van der Waals surface area contributed by atoms with E-state index in [2.05, 4.69) is 20.8 Å². The molecule has 0 aromatic carbocycles. The molecule has 0 heterocycles. The van der Waals surface area contributed by atoms with Crippen LogP contribution >= 0.6 is 0 Å². The first kappa shape index (κ1) is 77.4. The van der Waals surface area contributed by atoms with Crippen LogP contribution in [0.15, 0.2) is 0 Å². The summed E-state index contributed by atoms with van der Waals surface area (Å²) in [6, 6.07) is 0. The molecule has 0 aliphatic carbocycles. The second kappa shape index (κ2) is 68.9. The number of carbonyl (C=O) groups is 3. The third-order valence-electron chi connectivity index (χ3n) is 17.1. The lowest BCUT2D eigenvalue weighted by Crippen LogP contribution is -2.30. The molecule has 0 aromatic rings. The summed E-state index contributed by atoms with van der Waals surface area (Å²) in [5.74, 6) is -0.822. The number of hydrogen-bond donors (Lipinski definition) is 0. The van der Waals surface area contributed by atoms with Crippen molar-refractivity contribution in [3.63, 3.8) is 0 Å². The number of hydrogen-bond acceptors (Lipinski definition) is 6. The Morgan fingerprint density at radius 3 is 0.506 bits per heavy atom. The molecule has 470 valence electrons. The molecule has 0 saturated heterocycles. The average Bonchev–Trinajstić information content (AvgIpc) is 3.45. The van der Waals surface area contributed by atoms with E-state index in [0.717, 1.165) is 57.8 Å². The first-order valence-corrected chi connectivity index (χ1v) is 36.5. The quantitative estimate of drug-likeness (QED) is 0.0343. The summed E-state index contributed by atoms with van der Waals surface area (Å²) in [6.45, 7) is 6.74. The van der Waals surface area contributed by atoms with Crippen molar-refractivity contribution in [2.45, 2.75) is 438 Å². The van der Waals surface area contributed by atoms with Gasteiger partial charge in [0.2, 0.25) is 0 Å². The lowest BCUT2D eigenvalue weighted by Gasteiger charge is -2.18. The number of rotatable bonds is 69. The SMILES string of the molecule is CCCCCCCCCCCCCCCCCCCCCCCCCCCCCCCCCC(=O)OCC(COC(=O)CCCCCCCCCCCCCC)OC(=O)CCCCCCCCCCCCCCCCCCCC. The molecule has 6 nitrogen and oxygen atoms in total. The molecule has 0 fully saturated rings. The van der Waals surface area contributed by atoms with Crippen LogP contribution in [0.2, 0.25) is 0 Å². The standard InChI is InChI=1S/C73H142O6/c1-4-7-10-13-16-19-22-25-27-29-31-32-33-34-35-36-37-38-39-40-41-42-43-45-46-48-51-54-57-60-63-66-72(75)78-69-70(68-77-71(74)65-62-59-56-53-50-24-21-18-15-12-9-6-3)79-73(76)67-64-61-58-55-52-49-47-44-30-28-26-23-20-17-14-11-8-5-2/h70H,4-69H2,1-3H3. The molecule has 0 spiro atoms. The highest BCUT2D eigenvalue weighted by atomic mass is 16.6. The molecule has 0 saturated carbocycles. The summed E-state index contributed by atoms with van der Waals surface area (Å²) in [7, 11) is 0. The van der Waals surface area contributed by atoms with E-state index in [9.17, 15) is 14.4 Å². The molecule has 0 aliphatic heterocycles. The van der Waals surface area contributed by atoms with E-state index in [4.69, 9.17) is 14.2 Å². The van der Waals surface area contributed by atoms with Crippen molar-refractivity contribution in [1.82, 2.24) is 0 Å². The van der Waals surface area contributed by atoms with Gasteiger partial charge in [-0.2, -0.15) is 0 Å². The number of carbonyl (C=O) groups excluding carboxylic acids is 3. The molecule has 0 aromatic heterocycles. The minimum absolute atomic E-state index is 0.0603. The van der Waals surface area contributed by atoms with Gasteiger partial charge >= 0.3 is 17.9 Å². The Labute approximate surface area is 495 Å². The van der Waals surface area contributed by atoms with Gasteiger partial charge in [0.25, 0.3) is 0 Å². The fourth-order valence-corrected chi connectivity index (χ4v) is 11.6. The van der Waals surface area contributed by atoms with Crippen molar-refractivity contribution >= 4 is 17.9 Å². The van der Waals surface area contributed by atoms with Crippen molar-refractivity contribution in [2.24, 2.45) is 0 Å². The zero-order valence-electron chi connectivity index (χ0n) is 54.2. The molecule has 1 unspecified atom stereocenters. The molecule has 0 radical (unpaired) electrons. The van der Waals surface area contributed by atoms with Gasteiger partial charge in [-0.25, -0.2) is 0 Å². The Bertz CT molecular complexity index is 1190. The Morgan fingerprint density at radius 2 is 0.342 bits per heavy atom. The second-order valence-electron chi connectivity index (χ2n) is 25.2. The summed E-state index contributed by atoms with van der Waals surface area (Å²) in [4.78, 5) is 38.4. The van der Waals surface area contributed by atoms with Crippen molar-refractivity contribution in [2.75, 3.05) is 13.2 Å². The zero-order valence-corrected chi connectivity index (χ0v) is 54.2. The third kappa shape index (κ3) is 67.1. The molecule has 6 heteroatoms. The summed E-state index contributed by atoms with van der Waals surface area (Å²) < 4.78 is 17.0. The van der Waals surface area contributed by atoms with Gasteiger partial charge in [-0.05, 0) is 19.3 Å². The van der Waals surface area contributed by atoms with Gasteiger partial charge in [-0.3, -0.25) is 14.4 Å². The fourth-order valence-electron chi connectivity index (χ4n) is 11.6. The lowest BCUT2D eigenvalue weighted by molar-refractivity contribution is -0.167. The van der Waals surface area contributed by atoms with E-state index >= 15 is 0 Å². The van der Waals surface area contributed by atoms with Crippen LogP contribution in [0.3, 0.4) is 0 Å². The van der Waals surface area contributed by atoms with Crippen molar-refractivity contribution in [3.8, 4) is 0 Å². The zero-order chi connectivity index (χ0) is 57.1. The van der Waals surface area contributed by atoms with E-state index in [0.29, 0.717) is 19.3 Å². The van der Waals surface area contributed by atoms with Gasteiger partial charge < -0.3 is 14.2 Å². The molecule has 79 heavy (non-hydrogen) atoms. The molecule has 0 N–H and O–H groups in total. The molecular weight excluding hydrogens is 973 g/mol. The average molecular weight is 1120 g/mol. The van der Waals surface area contributed by atoms with Gasteiger partial charge in [-0.15, -0.1) is 0 Å². The molecule has 1 atom stereocenters. The first-order valence-electron chi connectivity index (χ1n) is 36.5. The van der Waals surface area contributed by atoms with E-state index in [1.165, 1.54) is 334 Å². The highest BCUT2D eigenvalue weighted by Crippen LogP contribution is 2.20. The highest BCUT2D eigenvalue weighted by Gasteiger charge is 2.20. The molecule has 0 amide bonds. The Kier molecular flexibility index (Phi) is 67.5. The smallest absolute Gasteiger partial charge is 0.306 e. The Hall–Kier alpha value is -1.59. The van der Waals surface area contributed by atoms with Crippen LogP contribution in [0.4, 0.5) is 0 Å². The Balaban J connectivity index is 4.07. The van der Waals surface area contributed by atoms with E-state index in [1.54, 1.807) is 0 Å². The van der Waals surface area contributed by atoms with Crippen LogP contribution in [0.1, 0.15) is 432 Å². The predicted octanol–water partition coefficient (Wildman–Crippen LogP) is 25.0. The van der Waals surface area contributed by atoms with Gasteiger partial charge in [0.15, 0.2) is 6.10 Å². The molecular formula is C73H142O6. The van der Waals surface area contributed by atoms with Crippen LogP contribution in [0.25, 0.3) is 0 Å². The van der Waals surface area contributed by atoms with Crippen LogP contribution < -0.4 is 0 Å². The van der Waals surface area contributed by atoms with E-state index in [-0.39, 0.29) is 31.1 Å². The lowest BCUT2D eigenvalue weighted by atomic mass is 10.0. The van der Waals surface area contributed by atoms with Gasteiger partial charge in [-0.1, -0.05) is 393 Å². The third-order valence-corrected chi connectivity index (χ3v) is 17.1. The van der Waals surface area contributed by atoms with Crippen molar-refractivity contribution in [3.05, 3.63) is 0 Å². The normalized spacial score (nSPS) is 11.9. The van der Waals surface area contributed by atoms with E-state index < -0.39 is 6.10 Å². The number of unbranched alkanes of at least 4 members (excludes halogenated alkanes) is 58. The number of esters is 3. The van der Waals surface area contributed by atoms with Crippen molar-refractivity contribution < 1.29 is 28.6 Å². The van der Waals surface area contributed by atoms with Gasteiger partial charge in [0.1, 0.15) is 13.2 Å². The molecule has 0 aliphatic rings. The minimum Gasteiger partial charge on any atom is -0.462 e. The monoisotopic (exact) mass is 1120 g/mol. The van der Waals surface area contributed by atoms with Gasteiger partial charge in [0, 0.05) is 19.3 Å². The van der Waals surface area contributed by atoms with Crippen LogP contribution in [0.5, 0.6) is 0 Å². The minimum atomic E-state index is -0.763. The maximum absolute atomic E-state index is 12.9. The maximum atomic E-state index is 12.9. The van der Waals surface area contributed by atoms with Crippen LogP contribution in [-0.2, 0) is 28.6 Å². The van der Waals surface area contributed by atoms with Crippen molar-refractivity contribution in [1.29, 1.82) is 0 Å². The second-order valence-corrected chi connectivity index (χ2v) is 25.2. The fraction of sp³-hybridized carbons (Fsp3) is 0.959. The summed E-state index contributed by atoms with van der Waals surface area (Å²) in [6.07, 6.45) is 81.6. The molecule has 0 rings (SSSR count). The molecule has 0 bridgehead atoms. The topological polar surface area (TPSA) is 78.9 Å². The highest BCUT2D eigenvalue weighted by molar-refractivity contribution is 5.71.